The first kappa shape index (κ1) is 10.4. The van der Waals surface area contributed by atoms with Gasteiger partial charge in [0.2, 0.25) is 0 Å². The molecule has 2 heteroatoms. The van der Waals surface area contributed by atoms with Gasteiger partial charge >= 0.3 is 0 Å². The Kier molecular flexibility index (Phi) is 3.01. The van der Waals surface area contributed by atoms with Crippen molar-refractivity contribution in [1.82, 2.24) is 0 Å². The van der Waals surface area contributed by atoms with Crippen LogP contribution in [0.2, 0.25) is 0 Å². The second-order valence-corrected chi connectivity index (χ2v) is 3.62. The molecule has 0 fully saturated rings. The molecule has 0 aromatic heterocycles. The van der Waals surface area contributed by atoms with Crippen LogP contribution in [0.1, 0.15) is 17.3 Å². The standard InChI is InChI=1S/C14H13NO/c1-11(16)12-7-9-14(10-8-12)15-13-5-3-2-4-6-13/h2-10,15H,1H3. The van der Waals surface area contributed by atoms with Crippen molar-refractivity contribution in [2.75, 3.05) is 5.32 Å². The third-order valence-electron chi connectivity index (χ3n) is 2.35. The molecule has 1 N–H and O–H groups in total. The molecule has 16 heavy (non-hydrogen) atoms. The van der Waals surface area contributed by atoms with Crippen LogP contribution in [0.3, 0.4) is 0 Å². The quantitative estimate of drug-likeness (QED) is 0.785. The highest BCUT2D eigenvalue weighted by Gasteiger charge is 1.98. The first-order chi connectivity index (χ1) is 7.75. The largest absolute Gasteiger partial charge is 0.356 e. The number of carbonyl (C=O) groups excluding carboxylic acids is 1. The zero-order valence-corrected chi connectivity index (χ0v) is 9.10. The predicted octanol–water partition coefficient (Wildman–Crippen LogP) is 3.63. The van der Waals surface area contributed by atoms with Gasteiger partial charge in [0.1, 0.15) is 0 Å². The van der Waals surface area contributed by atoms with Crippen LogP contribution >= 0.6 is 0 Å². The molecule has 2 aromatic carbocycles. The molecule has 2 aromatic rings. The normalized spacial score (nSPS) is 9.81. The van der Waals surface area contributed by atoms with Crippen molar-refractivity contribution in [3.05, 3.63) is 60.2 Å². The number of ketones is 1. The van der Waals surface area contributed by atoms with E-state index in [9.17, 15) is 4.79 Å². The van der Waals surface area contributed by atoms with Crippen LogP contribution in [0, 0.1) is 0 Å². The van der Waals surface area contributed by atoms with E-state index in [2.05, 4.69) is 5.32 Å². The minimum Gasteiger partial charge on any atom is -0.356 e. The van der Waals surface area contributed by atoms with Crippen LogP contribution in [-0.4, -0.2) is 5.78 Å². The predicted molar refractivity (Wildman–Crippen MR) is 66.2 cm³/mol. The molecule has 0 unspecified atom stereocenters. The van der Waals surface area contributed by atoms with Crippen LogP contribution < -0.4 is 5.32 Å². The van der Waals surface area contributed by atoms with Gasteiger partial charge in [0.25, 0.3) is 0 Å². The number of carbonyl (C=O) groups is 1. The maximum Gasteiger partial charge on any atom is 0.159 e. The van der Waals surface area contributed by atoms with E-state index in [1.165, 1.54) is 0 Å². The Hall–Kier alpha value is -2.09. The molecule has 0 aliphatic heterocycles. The molecule has 0 saturated carbocycles. The fourth-order valence-electron chi connectivity index (χ4n) is 1.48. The number of para-hydroxylation sites is 1. The summed E-state index contributed by atoms with van der Waals surface area (Å²) in [6.45, 7) is 1.57. The SMILES string of the molecule is CC(=O)c1ccc(Nc2ccccc2)cc1. The smallest absolute Gasteiger partial charge is 0.159 e. The van der Waals surface area contributed by atoms with Gasteiger partial charge in [-0.2, -0.15) is 0 Å². The first-order valence-corrected chi connectivity index (χ1v) is 5.19. The minimum atomic E-state index is 0.0891. The van der Waals surface area contributed by atoms with Gasteiger partial charge in [-0.25, -0.2) is 0 Å². The number of hydrogen-bond acceptors (Lipinski definition) is 2. The van der Waals surface area contributed by atoms with Crippen molar-refractivity contribution in [1.29, 1.82) is 0 Å². The van der Waals surface area contributed by atoms with Crippen LogP contribution in [0.4, 0.5) is 11.4 Å². The van der Waals surface area contributed by atoms with Gasteiger partial charge in [0, 0.05) is 16.9 Å². The van der Waals surface area contributed by atoms with Gasteiger partial charge in [0.05, 0.1) is 0 Å². The molecule has 0 aliphatic carbocycles. The third-order valence-corrected chi connectivity index (χ3v) is 2.35. The van der Waals surface area contributed by atoms with Crippen molar-refractivity contribution >= 4 is 17.2 Å². The van der Waals surface area contributed by atoms with Gasteiger partial charge in [-0.1, -0.05) is 18.2 Å². The summed E-state index contributed by atoms with van der Waals surface area (Å²) in [6.07, 6.45) is 0. The molecule has 80 valence electrons. The molecule has 2 rings (SSSR count). The molecule has 0 saturated heterocycles. The van der Waals surface area contributed by atoms with E-state index in [0.29, 0.717) is 0 Å². The van der Waals surface area contributed by atoms with E-state index in [1.807, 2.05) is 54.6 Å². The Morgan fingerprint density at radius 3 is 2.00 bits per heavy atom. The summed E-state index contributed by atoms with van der Waals surface area (Å²) in [5.74, 6) is 0.0891. The number of Topliss-reactive ketones (excluding diaryl/α,β-unsaturated/α-hetero) is 1. The Morgan fingerprint density at radius 1 is 0.875 bits per heavy atom. The molecular formula is C14H13NO. The Morgan fingerprint density at radius 2 is 1.44 bits per heavy atom. The first-order valence-electron chi connectivity index (χ1n) is 5.19. The monoisotopic (exact) mass is 211 g/mol. The maximum atomic E-state index is 11.1. The highest BCUT2D eigenvalue weighted by atomic mass is 16.1. The molecule has 0 radical (unpaired) electrons. The number of hydrogen-bond donors (Lipinski definition) is 1. The molecule has 0 atom stereocenters. The fraction of sp³-hybridized carbons (Fsp3) is 0.0714. The van der Waals surface area contributed by atoms with E-state index in [-0.39, 0.29) is 5.78 Å². The zero-order valence-electron chi connectivity index (χ0n) is 9.10. The Balaban J connectivity index is 2.14. The van der Waals surface area contributed by atoms with Crippen LogP contribution in [0.25, 0.3) is 0 Å². The van der Waals surface area contributed by atoms with Crippen LogP contribution in [0.15, 0.2) is 54.6 Å². The fourth-order valence-corrected chi connectivity index (χ4v) is 1.48. The lowest BCUT2D eigenvalue weighted by Gasteiger charge is -2.06. The van der Waals surface area contributed by atoms with E-state index in [0.717, 1.165) is 16.9 Å². The lowest BCUT2D eigenvalue weighted by atomic mass is 10.1. The van der Waals surface area contributed by atoms with Gasteiger partial charge in [-0.3, -0.25) is 4.79 Å². The molecule has 0 amide bonds. The maximum absolute atomic E-state index is 11.1. The summed E-state index contributed by atoms with van der Waals surface area (Å²) in [6, 6.07) is 17.4. The van der Waals surface area contributed by atoms with Crippen molar-refractivity contribution in [3.63, 3.8) is 0 Å². The van der Waals surface area contributed by atoms with Crippen molar-refractivity contribution in [2.24, 2.45) is 0 Å². The minimum absolute atomic E-state index is 0.0891. The highest BCUT2D eigenvalue weighted by molar-refractivity contribution is 5.94. The highest BCUT2D eigenvalue weighted by Crippen LogP contribution is 2.16. The number of benzene rings is 2. The summed E-state index contributed by atoms with van der Waals surface area (Å²) in [5, 5.41) is 3.26. The lowest BCUT2D eigenvalue weighted by Crippen LogP contribution is -1.93. The lowest BCUT2D eigenvalue weighted by molar-refractivity contribution is 0.101. The van der Waals surface area contributed by atoms with Crippen molar-refractivity contribution in [3.8, 4) is 0 Å². The third kappa shape index (κ3) is 2.48. The van der Waals surface area contributed by atoms with Gasteiger partial charge in [-0.15, -0.1) is 0 Å². The average Bonchev–Trinajstić information content (AvgIpc) is 2.31. The molecule has 0 aliphatic rings. The van der Waals surface area contributed by atoms with E-state index < -0.39 is 0 Å². The average molecular weight is 211 g/mol. The van der Waals surface area contributed by atoms with E-state index in [1.54, 1.807) is 6.92 Å². The van der Waals surface area contributed by atoms with Crippen molar-refractivity contribution < 1.29 is 4.79 Å². The van der Waals surface area contributed by atoms with Gasteiger partial charge < -0.3 is 5.32 Å². The number of rotatable bonds is 3. The molecular weight excluding hydrogens is 198 g/mol. The molecule has 0 bridgehead atoms. The molecule has 0 heterocycles. The van der Waals surface area contributed by atoms with E-state index >= 15 is 0 Å². The van der Waals surface area contributed by atoms with E-state index in [4.69, 9.17) is 0 Å². The second kappa shape index (κ2) is 4.62. The number of anilines is 2. The summed E-state index contributed by atoms with van der Waals surface area (Å²) in [7, 11) is 0. The number of nitrogens with one attached hydrogen (secondary N) is 1. The summed E-state index contributed by atoms with van der Waals surface area (Å²) in [4.78, 5) is 11.1. The Labute approximate surface area is 94.9 Å². The van der Waals surface area contributed by atoms with Gasteiger partial charge in [0.15, 0.2) is 5.78 Å². The molecule has 0 spiro atoms. The van der Waals surface area contributed by atoms with Crippen LogP contribution in [0.5, 0.6) is 0 Å². The second-order valence-electron chi connectivity index (χ2n) is 3.62. The topological polar surface area (TPSA) is 29.1 Å². The molecule has 2 nitrogen and oxygen atoms in total. The summed E-state index contributed by atoms with van der Waals surface area (Å²) >= 11 is 0. The van der Waals surface area contributed by atoms with Crippen LogP contribution in [-0.2, 0) is 0 Å². The van der Waals surface area contributed by atoms with Gasteiger partial charge in [-0.05, 0) is 43.3 Å². The summed E-state index contributed by atoms with van der Waals surface area (Å²) in [5.41, 5.74) is 2.76. The Bertz CT molecular complexity index is 474. The zero-order chi connectivity index (χ0) is 11.4. The van der Waals surface area contributed by atoms with Crippen molar-refractivity contribution in [2.45, 2.75) is 6.92 Å². The summed E-state index contributed by atoms with van der Waals surface area (Å²) < 4.78 is 0.